The van der Waals surface area contributed by atoms with Crippen molar-refractivity contribution in [3.05, 3.63) is 33.3 Å². The molecule has 0 saturated carbocycles. The number of carboxylic acids is 1. The smallest absolute Gasteiger partial charge is 0.308 e. The Morgan fingerprint density at radius 3 is 2.63 bits per heavy atom. The molecule has 6 heteroatoms. The van der Waals surface area contributed by atoms with Gasteiger partial charge in [-0.15, -0.1) is 0 Å². The average Bonchev–Trinajstić information content (AvgIpc) is 2.70. The zero-order valence-electron chi connectivity index (χ0n) is 10.3. The van der Waals surface area contributed by atoms with Crippen molar-refractivity contribution >= 4 is 39.4 Å². The number of aliphatic carboxylic acids is 1. The van der Waals surface area contributed by atoms with Gasteiger partial charge in [-0.3, -0.25) is 9.59 Å². The molecule has 1 aliphatic rings. The van der Waals surface area contributed by atoms with Crippen LogP contribution in [0.5, 0.6) is 0 Å². The Bertz CT molecular complexity index is 535. The Kier molecular flexibility index (Phi) is 4.16. The van der Waals surface area contributed by atoms with E-state index in [0.29, 0.717) is 17.1 Å². The molecule has 1 aromatic carbocycles. The first kappa shape index (κ1) is 14.3. The highest BCUT2D eigenvalue weighted by atomic mass is 79.9. The molecule has 0 aromatic heterocycles. The number of rotatable bonds is 2. The highest BCUT2D eigenvalue weighted by Crippen LogP contribution is 2.28. The fraction of sp³-hybridized carbons (Fsp3) is 0.385. The van der Waals surface area contributed by atoms with E-state index in [-0.39, 0.29) is 18.4 Å². The average molecular weight is 347 g/mol. The molecule has 4 nitrogen and oxygen atoms in total. The normalized spacial score (nSPS) is 22.6. The molecule has 1 N–H and O–H groups in total. The number of hydrogen-bond donors (Lipinski definition) is 1. The zero-order valence-corrected chi connectivity index (χ0v) is 12.6. The number of amides is 1. The summed E-state index contributed by atoms with van der Waals surface area (Å²) in [6, 6.07) is 5.05. The van der Waals surface area contributed by atoms with Crippen LogP contribution in [-0.2, 0) is 4.79 Å². The van der Waals surface area contributed by atoms with E-state index >= 15 is 0 Å². The molecule has 2 rings (SSSR count). The molecule has 0 radical (unpaired) electrons. The molecule has 19 heavy (non-hydrogen) atoms. The summed E-state index contributed by atoms with van der Waals surface area (Å²) >= 11 is 9.32. The third-order valence-corrected chi connectivity index (χ3v) is 4.18. The van der Waals surface area contributed by atoms with Gasteiger partial charge in [0.2, 0.25) is 0 Å². The molecule has 1 fully saturated rings. The van der Waals surface area contributed by atoms with Crippen molar-refractivity contribution in [3.8, 4) is 0 Å². The van der Waals surface area contributed by atoms with E-state index in [1.807, 2.05) is 6.92 Å². The van der Waals surface area contributed by atoms with Crippen LogP contribution in [0.4, 0.5) is 0 Å². The largest absolute Gasteiger partial charge is 0.481 e. The highest BCUT2D eigenvalue weighted by Gasteiger charge is 2.37. The van der Waals surface area contributed by atoms with Crippen molar-refractivity contribution in [2.24, 2.45) is 11.8 Å². The van der Waals surface area contributed by atoms with Crippen LogP contribution >= 0.6 is 27.5 Å². The molecule has 0 spiro atoms. The van der Waals surface area contributed by atoms with Gasteiger partial charge in [0.15, 0.2) is 0 Å². The number of carbonyl (C=O) groups excluding carboxylic acids is 1. The maximum Gasteiger partial charge on any atom is 0.308 e. The summed E-state index contributed by atoms with van der Waals surface area (Å²) in [4.78, 5) is 24.9. The van der Waals surface area contributed by atoms with Crippen molar-refractivity contribution < 1.29 is 14.7 Å². The van der Waals surface area contributed by atoms with Gasteiger partial charge in [-0.25, -0.2) is 0 Å². The number of carboxylic acid groups (broad SMARTS) is 1. The van der Waals surface area contributed by atoms with Crippen LogP contribution in [0.2, 0.25) is 5.02 Å². The molecule has 1 aliphatic heterocycles. The van der Waals surface area contributed by atoms with Gasteiger partial charge in [-0.05, 0) is 24.1 Å². The summed E-state index contributed by atoms with van der Waals surface area (Å²) in [6.07, 6.45) is 0. The predicted molar refractivity (Wildman–Crippen MR) is 75.3 cm³/mol. The maximum absolute atomic E-state index is 12.3. The number of likely N-dealkylation sites (tertiary alicyclic amines) is 1. The van der Waals surface area contributed by atoms with Crippen LogP contribution in [0.25, 0.3) is 0 Å². The van der Waals surface area contributed by atoms with E-state index in [4.69, 9.17) is 16.7 Å². The number of carbonyl (C=O) groups is 2. The highest BCUT2D eigenvalue weighted by molar-refractivity contribution is 9.10. The Labute approximate surface area is 124 Å². The van der Waals surface area contributed by atoms with E-state index in [1.54, 1.807) is 23.1 Å². The van der Waals surface area contributed by atoms with Crippen LogP contribution in [0, 0.1) is 11.8 Å². The summed E-state index contributed by atoms with van der Waals surface area (Å²) in [6.45, 7) is 2.53. The lowest BCUT2D eigenvalue weighted by Gasteiger charge is -2.16. The van der Waals surface area contributed by atoms with Gasteiger partial charge < -0.3 is 10.0 Å². The lowest BCUT2D eigenvalue weighted by Crippen LogP contribution is -2.30. The molecule has 0 aliphatic carbocycles. The second-order valence-electron chi connectivity index (χ2n) is 4.76. The zero-order chi connectivity index (χ0) is 14.2. The Morgan fingerprint density at radius 2 is 2.11 bits per heavy atom. The van der Waals surface area contributed by atoms with Crippen molar-refractivity contribution in [1.82, 2.24) is 4.90 Å². The summed E-state index contributed by atoms with van der Waals surface area (Å²) in [5.74, 6) is -1.62. The molecule has 1 saturated heterocycles. The predicted octanol–water partition coefficient (Wildman–Crippen LogP) is 2.90. The van der Waals surface area contributed by atoms with E-state index in [9.17, 15) is 9.59 Å². The van der Waals surface area contributed by atoms with Crippen LogP contribution in [0.15, 0.2) is 22.7 Å². The second kappa shape index (κ2) is 5.51. The minimum atomic E-state index is -0.857. The SMILES string of the molecule is C[C@@H]1CN(C(=O)c2ccc(Br)cc2Cl)C[C@H]1C(=O)O. The molecule has 0 bridgehead atoms. The maximum atomic E-state index is 12.3. The van der Waals surface area contributed by atoms with Gasteiger partial charge in [0.1, 0.15) is 0 Å². The lowest BCUT2D eigenvalue weighted by atomic mass is 9.99. The Morgan fingerprint density at radius 1 is 1.42 bits per heavy atom. The molecular weight excluding hydrogens is 334 g/mol. The van der Waals surface area contributed by atoms with Gasteiger partial charge in [0.25, 0.3) is 5.91 Å². The fourth-order valence-corrected chi connectivity index (χ4v) is 3.04. The van der Waals surface area contributed by atoms with Crippen LogP contribution in [-0.4, -0.2) is 35.0 Å². The molecule has 1 amide bonds. The van der Waals surface area contributed by atoms with E-state index in [1.165, 1.54) is 0 Å². The third-order valence-electron chi connectivity index (χ3n) is 3.38. The van der Waals surface area contributed by atoms with E-state index in [2.05, 4.69) is 15.9 Å². The van der Waals surface area contributed by atoms with Crippen molar-refractivity contribution in [1.29, 1.82) is 0 Å². The summed E-state index contributed by atoms with van der Waals surface area (Å²) < 4.78 is 0.798. The minimum absolute atomic E-state index is 0.0457. The first-order chi connectivity index (χ1) is 8.90. The third kappa shape index (κ3) is 2.92. The number of nitrogens with zero attached hydrogens (tertiary/aromatic N) is 1. The second-order valence-corrected chi connectivity index (χ2v) is 6.08. The summed E-state index contributed by atoms with van der Waals surface area (Å²) in [7, 11) is 0. The van der Waals surface area contributed by atoms with Crippen LogP contribution in [0.1, 0.15) is 17.3 Å². The quantitative estimate of drug-likeness (QED) is 0.896. The number of halogens is 2. The lowest BCUT2D eigenvalue weighted by molar-refractivity contribution is -0.142. The monoisotopic (exact) mass is 345 g/mol. The molecular formula is C13H13BrClNO3. The van der Waals surface area contributed by atoms with E-state index < -0.39 is 11.9 Å². The topological polar surface area (TPSA) is 57.6 Å². The van der Waals surface area contributed by atoms with Crippen molar-refractivity contribution in [2.75, 3.05) is 13.1 Å². The first-order valence-corrected chi connectivity index (χ1v) is 7.04. The number of hydrogen-bond acceptors (Lipinski definition) is 2. The van der Waals surface area contributed by atoms with Crippen molar-refractivity contribution in [3.63, 3.8) is 0 Å². The van der Waals surface area contributed by atoms with Gasteiger partial charge in [-0.1, -0.05) is 34.5 Å². The summed E-state index contributed by atoms with van der Waals surface area (Å²) in [5, 5.41) is 9.44. The van der Waals surface area contributed by atoms with Gasteiger partial charge in [0.05, 0.1) is 16.5 Å². The molecule has 1 heterocycles. The number of benzene rings is 1. The molecule has 0 unspecified atom stereocenters. The van der Waals surface area contributed by atoms with Crippen molar-refractivity contribution in [2.45, 2.75) is 6.92 Å². The van der Waals surface area contributed by atoms with Crippen LogP contribution in [0.3, 0.4) is 0 Å². The minimum Gasteiger partial charge on any atom is -0.481 e. The molecule has 102 valence electrons. The van der Waals surface area contributed by atoms with Crippen LogP contribution < -0.4 is 0 Å². The van der Waals surface area contributed by atoms with Gasteiger partial charge in [0, 0.05) is 17.6 Å². The molecule has 2 atom stereocenters. The van der Waals surface area contributed by atoms with Gasteiger partial charge >= 0.3 is 5.97 Å². The first-order valence-electron chi connectivity index (χ1n) is 5.87. The Hall–Kier alpha value is -1.07. The standard InChI is InChI=1S/C13H13BrClNO3/c1-7-5-16(6-10(7)13(18)19)12(17)9-3-2-8(14)4-11(9)15/h2-4,7,10H,5-6H2,1H3,(H,18,19)/t7-,10-/m1/s1. The fourth-order valence-electron chi connectivity index (χ4n) is 2.29. The van der Waals surface area contributed by atoms with E-state index in [0.717, 1.165) is 4.47 Å². The van der Waals surface area contributed by atoms with Gasteiger partial charge in [-0.2, -0.15) is 0 Å². The summed E-state index contributed by atoms with van der Waals surface area (Å²) in [5.41, 5.74) is 0.406. The Balaban J connectivity index is 2.19. The molecule has 1 aromatic rings.